The number of carbonyl (C=O) groups excluding carboxylic acids is 1. The van der Waals surface area contributed by atoms with Gasteiger partial charge in [-0.1, -0.05) is 12.5 Å². The minimum atomic E-state index is -0.160. The molecule has 70 valence electrons. The van der Waals surface area contributed by atoms with Crippen LogP contribution in [-0.4, -0.2) is 5.78 Å². The van der Waals surface area contributed by atoms with Gasteiger partial charge in [0, 0.05) is 11.3 Å². The highest BCUT2D eigenvalue weighted by molar-refractivity contribution is 7.10. The second-order valence-corrected chi connectivity index (χ2v) is 4.89. The van der Waals surface area contributed by atoms with Crippen molar-refractivity contribution in [3.05, 3.63) is 22.4 Å². The second kappa shape index (κ2) is 3.26. The van der Waals surface area contributed by atoms with Crippen LogP contribution in [0.3, 0.4) is 0 Å². The molecular formula is C11H14OS. The number of ketones is 1. The van der Waals surface area contributed by atoms with E-state index >= 15 is 0 Å². The minimum Gasteiger partial charge on any atom is -0.299 e. The van der Waals surface area contributed by atoms with Crippen molar-refractivity contribution in [1.29, 1.82) is 0 Å². The fraction of sp³-hybridized carbons (Fsp3) is 0.545. The van der Waals surface area contributed by atoms with Gasteiger partial charge < -0.3 is 0 Å². The maximum Gasteiger partial charge on any atom is 0.143 e. The van der Waals surface area contributed by atoms with Crippen LogP contribution in [0, 0.1) is 0 Å². The van der Waals surface area contributed by atoms with E-state index in [0.717, 1.165) is 19.3 Å². The highest BCUT2D eigenvalue weighted by atomic mass is 32.1. The van der Waals surface area contributed by atoms with Gasteiger partial charge >= 0.3 is 0 Å². The third-order valence-electron chi connectivity index (χ3n) is 3.01. The van der Waals surface area contributed by atoms with E-state index in [2.05, 4.69) is 18.4 Å². The normalized spacial score (nSPS) is 29.2. The standard InChI is InChI=1S/C11H14OS/c1-11(10-6-4-8-13-10)7-3-2-5-9(11)12/h4,6,8H,2-3,5,7H2,1H3. The molecule has 1 aliphatic carbocycles. The minimum absolute atomic E-state index is 0.160. The summed E-state index contributed by atoms with van der Waals surface area (Å²) in [5, 5.41) is 2.06. The molecule has 0 aliphatic heterocycles. The van der Waals surface area contributed by atoms with Gasteiger partial charge in [-0.25, -0.2) is 0 Å². The average molecular weight is 194 g/mol. The predicted octanol–water partition coefficient (Wildman–Crippen LogP) is 3.15. The summed E-state index contributed by atoms with van der Waals surface area (Å²) in [4.78, 5) is 13.1. The zero-order valence-corrected chi connectivity index (χ0v) is 8.69. The maximum absolute atomic E-state index is 11.8. The van der Waals surface area contributed by atoms with E-state index in [-0.39, 0.29) is 5.41 Å². The Morgan fingerprint density at radius 1 is 1.46 bits per heavy atom. The molecule has 0 bridgehead atoms. The van der Waals surface area contributed by atoms with Crippen molar-refractivity contribution >= 4 is 17.1 Å². The lowest BCUT2D eigenvalue weighted by molar-refractivity contribution is -0.125. The largest absolute Gasteiger partial charge is 0.299 e. The van der Waals surface area contributed by atoms with Crippen LogP contribution in [0.1, 0.15) is 37.5 Å². The molecule has 0 aromatic carbocycles. The van der Waals surface area contributed by atoms with Crippen molar-refractivity contribution < 1.29 is 4.79 Å². The molecule has 1 saturated carbocycles. The molecule has 1 atom stereocenters. The average Bonchev–Trinajstić information content (AvgIpc) is 2.63. The Labute approximate surface area is 82.8 Å². The first kappa shape index (κ1) is 8.95. The van der Waals surface area contributed by atoms with Gasteiger partial charge in [0.05, 0.1) is 5.41 Å². The molecule has 0 radical (unpaired) electrons. The van der Waals surface area contributed by atoms with Crippen molar-refractivity contribution in [2.24, 2.45) is 0 Å². The van der Waals surface area contributed by atoms with Gasteiger partial charge in [-0.15, -0.1) is 11.3 Å². The molecule has 1 nitrogen and oxygen atoms in total. The van der Waals surface area contributed by atoms with Crippen LogP contribution in [0.4, 0.5) is 0 Å². The van der Waals surface area contributed by atoms with Gasteiger partial charge in [0.25, 0.3) is 0 Å². The molecule has 0 spiro atoms. The number of rotatable bonds is 1. The number of Topliss-reactive ketones (excluding diaryl/α,β-unsaturated/α-hetero) is 1. The molecule has 13 heavy (non-hydrogen) atoms. The first-order valence-corrected chi connectivity index (χ1v) is 5.69. The zero-order chi connectivity index (χ0) is 9.31. The number of thiophene rings is 1. The van der Waals surface area contributed by atoms with Gasteiger partial charge in [0.1, 0.15) is 5.78 Å². The van der Waals surface area contributed by atoms with E-state index < -0.39 is 0 Å². The Balaban J connectivity index is 2.33. The molecular weight excluding hydrogens is 180 g/mol. The van der Waals surface area contributed by atoms with Gasteiger partial charge in [-0.05, 0) is 31.2 Å². The molecule has 1 fully saturated rings. The van der Waals surface area contributed by atoms with Crippen molar-refractivity contribution in [3.63, 3.8) is 0 Å². The lowest BCUT2D eigenvalue weighted by Crippen LogP contribution is -2.34. The first-order valence-electron chi connectivity index (χ1n) is 4.81. The second-order valence-electron chi connectivity index (χ2n) is 3.94. The van der Waals surface area contributed by atoms with E-state index in [0.29, 0.717) is 5.78 Å². The van der Waals surface area contributed by atoms with E-state index in [9.17, 15) is 4.79 Å². The molecule has 2 heteroatoms. The summed E-state index contributed by atoms with van der Waals surface area (Å²) in [6.07, 6.45) is 4.08. The van der Waals surface area contributed by atoms with Crippen molar-refractivity contribution in [1.82, 2.24) is 0 Å². The van der Waals surface area contributed by atoms with Crippen LogP contribution in [0.15, 0.2) is 17.5 Å². The maximum atomic E-state index is 11.8. The zero-order valence-electron chi connectivity index (χ0n) is 7.88. The van der Waals surface area contributed by atoms with Crippen molar-refractivity contribution in [2.75, 3.05) is 0 Å². The molecule has 2 rings (SSSR count). The third kappa shape index (κ3) is 1.44. The highest BCUT2D eigenvalue weighted by Crippen LogP contribution is 2.38. The molecule has 1 heterocycles. The molecule has 0 saturated heterocycles. The van der Waals surface area contributed by atoms with E-state index in [1.165, 1.54) is 11.3 Å². The topological polar surface area (TPSA) is 17.1 Å². The molecule has 1 aliphatic rings. The van der Waals surface area contributed by atoms with E-state index in [1.54, 1.807) is 11.3 Å². The van der Waals surface area contributed by atoms with Crippen LogP contribution >= 0.6 is 11.3 Å². The van der Waals surface area contributed by atoms with Crippen LogP contribution in [0.5, 0.6) is 0 Å². The smallest absolute Gasteiger partial charge is 0.143 e. The van der Waals surface area contributed by atoms with Crippen molar-refractivity contribution in [2.45, 2.75) is 38.0 Å². The van der Waals surface area contributed by atoms with E-state index in [1.807, 2.05) is 6.07 Å². The fourth-order valence-electron chi connectivity index (χ4n) is 2.03. The Kier molecular flexibility index (Phi) is 2.24. The highest BCUT2D eigenvalue weighted by Gasteiger charge is 2.37. The third-order valence-corrected chi connectivity index (χ3v) is 4.14. The molecule has 1 aromatic heterocycles. The number of hydrogen-bond donors (Lipinski definition) is 0. The lowest BCUT2D eigenvalue weighted by atomic mass is 9.73. The van der Waals surface area contributed by atoms with E-state index in [4.69, 9.17) is 0 Å². The molecule has 0 amide bonds. The predicted molar refractivity (Wildman–Crippen MR) is 55.1 cm³/mol. The van der Waals surface area contributed by atoms with Gasteiger partial charge in [0.15, 0.2) is 0 Å². The summed E-state index contributed by atoms with van der Waals surface area (Å²) in [5.74, 6) is 0.432. The molecule has 1 aromatic rings. The summed E-state index contributed by atoms with van der Waals surface area (Å²) in [5.41, 5.74) is -0.160. The first-order chi connectivity index (χ1) is 6.23. The Bertz CT molecular complexity index is 302. The molecule has 1 unspecified atom stereocenters. The summed E-state index contributed by atoms with van der Waals surface area (Å²) >= 11 is 1.71. The summed E-state index contributed by atoms with van der Waals surface area (Å²) < 4.78 is 0. The van der Waals surface area contributed by atoms with Crippen LogP contribution in [0.25, 0.3) is 0 Å². The Morgan fingerprint density at radius 2 is 2.31 bits per heavy atom. The van der Waals surface area contributed by atoms with Crippen LogP contribution < -0.4 is 0 Å². The van der Waals surface area contributed by atoms with Gasteiger partial charge in [0.2, 0.25) is 0 Å². The lowest BCUT2D eigenvalue weighted by Gasteiger charge is -2.30. The number of carbonyl (C=O) groups is 1. The van der Waals surface area contributed by atoms with Gasteiger partial charge in [-0.2, -0.15) is 0 Å². The summed E-state index contributed by atoms with van der Waals surface area (Å²) in [7, 11) is 0. The number of hydrogen-bond acceptors (Lipinski definition) is 2. The SMILES string of the molecule is CC1(c2cccs2)CCCCC1=O. The monoisotopic (exact) mass is 194 g/mol. The fourth-order valence-corrected chi connectivity index (χ4v) is 2.97. The van der Waals surface area contributed by atoms with Crippen molar-refractivity contribution in [3.8, 4) is 0 Å². The quantitative estimate of drug-likeness (QED) is 0.671. The summed E-state index contributed by atoms with van der Waals surface area (Å²) in [6, 6.07) is 4.13. The van der Waals surface area contributed by atoms with Crippen LogP contribution in [-0.2, 0) is 10.2 Å². The summed E-state index contributed by atoms with van der Waals surface area (Å²) in [6.45, 7) is 2.10. The van der Waals surface area contributed by atoms with Crippen LogP contribution in [0.2, 0.25) is 0 Å². The Hall–Kier alpha value is -0.630. The van der Waals surface area contributed by atoms with Gasteiger partial charge in [-0.3, -0.25) is 4.79 Å². The molecule has 0 N–H and O–H groups in total. The Morgan fingerprint density at radius 3 is 2.92 bits per heavy atom.